The number of hydrogen-bond acceptors (Lipinski definition) is 3. The minimum absolute atomic E-state index is 0.179. The number of rotatable bonds is 4. The van der Waals surface area contributed by atoms with Crippen LogP contribution in [-0.4, -0.2) is 19.1 Å². The highest BCUT2D eigenvalue weighted by molar-refractivity contribution is 6.30. The Balaban J connectivity index is 2.62. The zero-order valence-corrected chi connectivity index (χ0v) is 9.84. The molecule has 1 aromatic rings. The smallest absolute Gasteiger partial charge is 0.307 e. The Labute approximate surface area is 98.5 Å². The van der Waals surface area contributed by atoms with E-state index in [4.69, 9.17) is 11.6 Å². The summed E-state index contributed by atoms with van der Waals surface area (Å²) in [6.45, 7) is 1.77. The van der Waals surface area contributed by atoms with Gasteiger partial charge in [-0.1, -0.05) is 11.6 Å². The van der Waals surface area contributed by atoms with Crippen LogP contribution in [0.25, 0.3) is 0 Å². The lowest BCUT2D eigenvalue weighted by Crippen LogP contribution is -2.20. The number of carbonyl (C=O) groups excluding carboxylic acids is 1. The average Bonchev–Trinajstić information content (AvgIpc) is 2.22. The Morgan fingerprint density at radius 2 is 2.31 bits per heavy atom. The van der Waals surface area contributed by atoms with Gasteiger partial charge in [-0.05, 0) is 25.1 Å². The van der Waals surface area contributed by atoms with Crippen molar-refractivity contribution in [3.05, 3.63) is 29.0 Å². The number of ether oxygens (including phenoxy) is 1. The molecule has 16 heavy (non-hydrogen) atoms. The number of nitrogens with one attached hydrogen (secondary N) is 1. The number of benzene rings is 1. The molecule has 1 aromatic carbocycles. The van der Waals surface area contributed by atoms with Crippen molar-refractivity contribution < 1.29 is 13.9 Å². The van der Waals surface area contributed by atoms with E-state index in [1.807, 2.05) is 0 Å². The third kappa shape index (κ3) is 3.70. The summed E-state index contributed by atoms with van der Waals surface area (Å²) < 4.78 is 17.9. The van der Waals surface area contributed by atoms with Crippen LogP contribution >= 0.6 is 11.6 Å². The van der Waals surface area contributed by atoms with E-state index in [1.54, 1.807) is 13.0 Å². The van der Waals surface area contributed by atoms with Gasteiger partial charge in [0.15, 0.2) is 0 Å². The normalized spacial score (nSPS) is 12.0. The topological polar surface area (TPSA) is 38.3 Å². The largest absolute Gasteiger partial charge is 0.469 e. The van der Waals surface area contributed by atoms with Gasteiger partial charge in [-0.25, -0.2) is 4.39 Å². The molecule has 0 aromatic heterocycles. The van der Waals surface area contributed by atoms with Crippen LogP contribution in [0.15, 0.2) is 18.2 Å². The van der Waals surface area contributed by atoms with E-state index < -0.39 is 5.82 Å². The van der Waals surface area contributed by atoms with E-state index in [0.717, 1.165) is 0 Å². The first-order valence-electron chi connectivity index (χ1n) is 4.81. The number of hydrogen-bond donors (Lipinski definition) is 1. The fourth-order valence-corrected chi connectivity index (χ4v) is 1.42. The summed E-state index contributed by atoms with van der Waals surface area (Å²) in [4.78, 5) is 11.0. The highest BCUT2D eigenvalue weighted by Gasteiger charge is 2.11. The van der Waals surface area contributed by atoms with Crippen LogP contribution in [0.2, 0.25) is 5.02 Å². The third-order valence-electron chi connectivity index (χ3n) is 2.03. The Morgan fingerprint density at radius 1 is 1.62 bits per heavy atom. The van der Waals surface area contributed by atoms with Gasteiger partial charge in [-0.15, -0.1) is 0 Å². The van der Waals surface area contributed by atoms with E-state index in [2.05, 4.69) is 10.1 Å². The molecule has 0 aliphatic rings. The molecule has 5 heteroatoms. The van der Waals surface area contributed by atoms with Gasteiger partial charge in [0, 0.05) is 11.1 Å². The Bertz CT molecular complexity index is 384. The maximum atomic E-state index is 13.4. The minimum atomic E-state index is -0.441. The van der Waals surface area contributed by atoms with Crippen LogP contribution in [-0.2, 0) is 9.53 Å². The van der Waals surface area contributed by atoms with Crippen molar-refractivity contribution in [1.29, 1.82) is 0 Å². The van der Waals surface area contributed by atoms with E-state index in [0.29, 0.717) is 10.7 Å². The molecular formula is C11H13ClFNO2. The zero-order chi connectivity index (χ0) is 12.1. The molecule has 0 bridgehead atoms. The molecule has 0 saturated heterocycles. The molecular weight excluding hydrogens is 233 g/mol. The first-order chi connectivity index (χ1) is 7.52. The molecule has 0 fully saturated rings. The predicted octanol–water partition coefficient (Wildman–Crippen LogP) is 2.84. The molecule has 0 spiro atoms. The van der Waals surface area contributed by atoms with Crippen LogP contribution < -0.4 is 5.32 Å². The lowest BCUT2D eigenvalue weighted by Gasteiger charge is -2.14. The molecule has 0 aliphatic carbocycles. The van der Waals surface area contributed by atoms with Crippen molar-refractivity contribution in [1.82, 2.24) is 0 Å². The van der Waals surface area contributed by atoms with Gasteiger partial charge in [-0.2, -0.15) is 0 Å². The monoisotopic (exact) mass is 245 g/mol. The van der Waals surface area contributed by atoms with Gasteiger partial charge in [-0.3, -0.25) is 4.79 Å². The quantitative estimate of drug-likeness (QED) is 0.829. The summed E-state index contributed by atoms with van der Waals surface area (Å²) in [6, 6.07) is 4.13. The van der Waals surface area contributed by atoms with Gasteiger partial charge in [0.05, 0.1) is 19.2 Å². The Kier molecular flexibility index (Phi) is 4.55. The number of anilines is 1. The zero-order valence-electron chi connectivity index (χ0n) is 9.09. The Hall–Kier alpha value is -1.29. The second-order valence-corrected chi connectivity index (χ2v) is 3.89. The first kappa shape index (κ1) is 12.8. The van der Waals surface area contributed by atoms with Gasteiger partial charge >= 0.3 is 5.97 Å². The van der Waals surface area contributed by atoms with E-state index >= 15 is 0 Å². The maximum absolute atomic E-state index is 13.4. The highest BCUT2D eigenvalue weighted by Crippen LogP contribution is 2.19. The maximum Gasteiger partial charge on any atom is 0.307 e. The second kappa shape index (κ2) is 5.70. The molecule has 1 unspecified atom stereocenters. The van der Waals surface area contributed by atoms with Crippen LogP contribution in [0.4, 0.5) is 10.1 Å². The SMILES string of the molecule is COC(=O)CC(C)Nc1ccc(Cl)cc1F. The van der Waals surface area contributed by atoms with Crippen molar-refractivity contribution in [3.8, 4) is 0 Å². The number of carbonyl (C=O) groups is 1. The predicted molar refractivity (Wildman–Crippen MR) is 61.1 cm³/mol. The molecule has 0 heterocycles. The first-order valence-corrected chi connectivity index (χ1v) is 5.19. The summed E-state index contributed by atoms with van der Waals surface area (Å²) in [5.41, 5.74) is 0.320. The molecule has 0 amide bonds. The van der Waals surface area contributed by atoms with Crippen molar-refractivity contribution in [3.63, 3.8) is 0 Å². The van der Waals surface area contributed by atoms with Crippen molar-refractivity contribution in [2.75, 3.05) is 12.4 Å². The highest BCUT2D eigenvalue weighted by atomic mass is 35.5. The van der Waals surface area contributed by atoms with Crippen LogP contribution in [0.3, 0.4) is 0 Å². The summed E-state index contributed by atoms with van der Waals surface area (Å²) in [5.74, 6) is -0.779. The molecule has 0 radical (unpaired) electrons. The van der Waals surface area contributed by atoms with Crippen molar-refractivity contribution in [2.24, 2.45) is 0 Å². The number of methoxy groups -OCH3 is 1. The summed E-state index contributed by atoms with van der Waals surface area (Å²) >= 11 is 5.62. The van der Waals surface area contributed by atoms with Gasteiger partial charge in [0.25, 0.3) is 0 Å². The van der Waals surface area contributed by atoms with Gasteiger partial charge < -0.3 is 10.1 Å². The minimum Gasteiger partial charge on any atom is -0.469 e. The van der Waals surface area contributed by atoms with Crippen LogP contribution in [0, 0.1) is 5.82 Å². The number of esters is 1. The average molecular weight is 246 g/mol. The van der Waals surface area contributed by atoms with Crippen LogP contribution in [0.5, 0.6) is 0 Å². The molecule has 1 atom stereocenters. The second-order valence-electron chi connectivity index (χ2n) is 3.45. The van der Waals surface area contributed by atoms with Crippen molar-refractivity contribution >= 4 is 23.3 Å². The van der Waals surface area contributed by atoms with Gasteiger partial charge in [0.1, 0.15) is 5.82 Å². The van der Waals surface area contributed by atoms with Crippen molar-refractivity contribution in [2.45, 2.75) is 19.4 Å². The lowest BCUT2D eigenvalue weighted by molar-refractivity contribution is -0.140. The number of halogens is 2. The molecule has 0 saturated carbocycles. The fourth-order valence-electron chi connectivity index (χ4n) is 1.26. The fraction of sp³-hybridized carbons (Fsp3) is 0.364. The molecule has 1 rings (SSSR count). The van der Waals surface area contributed by atoms with E-state index in [1.165, 1.54) is 19.2 Å². The summed E-state index contributed by atoms with van der Waals surface area (Å²) in [5, 5.41) is 3.20. The standard InChI is InChI=1S/C11H13ClFNO2/c1-7(5-11(15)16-2)14-10-4-3-8(12)6-9(10)13/h3-4,6-7,14H,5H2,1-2H3. The summed E-state index contributed by atoms with van der Waals surface area (Å²) in [7, 11) is 1.32. The van der Waals surface area contributed by atoms with E-state index in [9.17, 15) is 9.18 Å². The lowest BCUT2D eigenvalue weighted by atomic mass is 10.2. The molecule has 0 aliphatic heterocycles. The summed E-state index contributed by atoms with van der Waals surface area (Å²) in [6.07, 6.45) is 0.179. The van der Waals surface area contributed by atoms with Gasteiger partial charge in [0.2, 0.25) is 0 Å². The third-order valence-corrected chi connectivity index (χ3v) is 2.27. The van der Waals surface area contributed by atoms with Crippen LogP contribution in [0.1, 0.15) is 13.3 Å². The Morgan fingerprint density at radius 3 is 2.88 bits per heavy atom. The molecule has 88 valence electrons. The van der Waals surface area contributed by atoms with E-state index in [-0.39, 0.29) is 18.4 Å². The molecule has 3 nitrogen and oxygen atoms in total. The molecule has 1 N–H and O–H groups in total.